The summed E-state index contributed by atoms with van der Waals surface area (Å²) < 4.78 is 6.07. The minimum Gasteiger partial charge on any atom is -0.416 e. The molecule has 1 N–H and O–H groups in total. The van der Waals surface area contributed by atoms with Gasteiger partial charge in [0, 0.05) is 18.4 Å². The molecular formula is C14H30O3Si. The number of ketones is 1. The lowest BCUT2D eigenvalue weighted by molar-refractivity contribution is -0.124. The van der Waals surface area contributed by atoms with E-state index in [0.29, 0.717) is 6.61 Å². The molecule has 18 heavy (non-hydrogen) atoms. The van der Waals surface area contributed by atoms with Crippen LogP contribution in [-0.2, 0) is 9.22 Å². The van der Waals surface area contributed by atoms with E-state index < -0.39 is 14.4 Å². The SMILES string of the molecule is CC(=O)[C@@H](C)[C@H](O)[C@H](C)CO[Si](C)(C)C(C)(C)C. The van der Waals surface area contributed by atoms with Crippen molar-refractivity contribution >= 4 is 14.1 Å². The Hall–Kier alpha value is -0.193. The molecule has 108 valence electrons. The Morgan fingerprint density at radius 2 is 1.72 bits per heavy atom. The molecule has 0 bridgehead atoms. The second kappa shape index (κ2) is 6.31. The van der Waals surface area contributed by atoms with Crippen LogP contribution >= 0.6 is 0 Å². The first-order chi connectivity index (χ1) is 7.90. The number of carbonyl (C=O) groups excluding carboxylic acids is 1. The van der Waals surface area contributed by atoms with E-state index in [1.807, 2.05) is 6.92 Å². The van der Waals surface area contributed by atoms with Crippen molar-refractivity contribution in [3.05, 3.63) is 0 Å². The smallest absolute Gasteiger partial charge is 0.191 e. The second-order valence-corrected chi connectivity index (χ2v) is 11.7. The zero-order valence-electron chi connectivity index (χ0n) is 13.2. The van der Waals surface area contributed by atoms with Crippen LogP contribution in [0.25, 0.3) is 0 Å². The molecule has 3 nitrogen and oxygen atoms in total. The summed E-state index contributed by atoms with van der Waals surface area (Å²) in [6.45, 7) is 16.7. The topological polar surface area (TPSA) is 46.5 Å². The summed E-state index contributed by atoms with van der Waals surface area (Å²) in [4.78, 5) is 11.3. The van der Waals surface area contributed by atoms with Crippen LogP contribution in [0.5, 0.6) is 0 Å². The molecule has 0 spiro atoms. The molecule has 0 radical (unpaired) electrons. The molecule has 0 saturated heterocycles. The highest BCUT2D eigenvalue weighted by molar-refractivity contribution is 6.74. The predicted molar refractivity (Wildman–Crippen MR) is 78.2 cm³/mol. The standard InChI is InChI=1S/C14H30O3Si/c1-10(13(16)11(2)12(3)15)9-17-18(7,8)14(4,5)6/h10-11,13,16H,9H2,1-8H3/t10-,11-,13-/m1/s1. The van der Waals surface area contributed by atoms with Gasteiger partial charge in [-0.2, -0.15) is 0 Å². The molecule has 0 aliphatic rings. The van der Waals surface area contributed by atoms with Crippen LogP contribution in [0.1, 0.15) is 41.5 Å². The van der Waals surface area contributed by atoms with Crippen molar-refractivity contribution in [3.8, 4) is 0 Å². The number of hydrogen-bond donors (Lipinski definition) is 1. The molecule has 0 rings (SSSR count). The third-order valence-corrected chi connectivity index (χ3v) is 8.75. The van der Waals surface area contributed by atoms with Crippen molar-refractivity contribution in [2.45, 2.75) is 65.8 Å². The second-order valence-electron chi connectivity index (χ2n) is 6.94. The van der Waals surface area contributed by atoms with Gasteiger partial charge < -0.3 is 9.53 Å². The Labute approximate surface area is 113 Å². The van der Waals surface area contributed by atoms with Crippen molar-refractivity contribution in [3.63, 3.8) is 0 Å². The van der Waals surface area contributed by atoms with Gasteiger partial charge in [0.15, 0.2) is 8.32 Å². The normalized spacial score (nSPS) is 18.3. The highest BCUT2D eigenvalue weighted by Gasteiger charge is 2.38. The zero-order valence-corrected chi connectivity index (χ0v) is 14.2. The van der Waals surface area contributed by atoms with Gasteiger partial charge in [-0.25, -0.2) is 0 Å². The van der Waals surface area contributed by atoms with Gasteiger partial charge in [0.1, 0.15) is 5.78 Å². The van der Waals surface area contributed by atoms with E-state index in [-0.39, 0.29) is 22.7 Å². The third-order valence-electron chi connectivity index (χ3n) is 4.25. The highest BCUT2D eigenvalue weighted by atomic mass is 28.4. The van der Waals surface area contributed by atoms with Crippen molar-refractivity contribution in [2.24, 2.45) is 11.8 Å². The monoisotopic (exact) mass is 274 g/mol. The fourth-order valence-corrected chi connectivity index (χ4v) is 2.50. The maximum absolute atomic E-state index is 11.3. The van der Waals surface area contributed by atoms with Gasteiger partial charge in [0.05, 0.1) is 6.10 Å². The summed E-state index contributed by atoms with van der Waals surface area (Å²) in [7, 11) is -1.77. The Kier molecular flexibility index (Phi) is 6.24. The average Bonchev–Trinajstić information content (AvgIpc) is 2.22. The first-order valence-electron chi connectivity index (χ1n) is 6.72. The molecule has 0 amide bonds. The van der Waals surface area contributed by atoms with Gasteiger partial charge in [0.2, 0.25) is 0 Å². The molecule has 3 atom stereocenters. The van der Waals surface area contributed by atoms with Crippen LogP contribution < -0.4 is 0 Å². The van der Waals surface area contributed by atoms with Gasteiger partial charge in [0.25, 0.3) is 0 Å². The van der Waals surface area contributed by atoms with Crippen molar-refractivity contribution in [2.75, 3.05) is 6.61 Å². The Bertz CT molecular complexity index is 281. The molecule has 0 aliphatic carbocycles. The van der Waals surface area contributed by atoms with E-state index in [0.717, 1.165) is 0 Å². The molecule has 4 heteroatoms. The molecule has 0 heterocycles. The third kappa shape index (κ3) is 4.82. The van der Waals surface area contributed by atoms with Crippen LogP contribution in [0.15, 0.2) is 0 Å². The van der Waals surface area contributed by atoms with Crippen molar-refractivity contribution in [1.82, 2.24) is 0 Å². The summed E-state index contributed by atoms with van der Waals surface area (Å²) in [6, 6.07) is 0. The molecule has 0 aromatic rings. The molecular weight excluding hydrogens is 244 g/mol. The highest BCUT2D eigenvalue weighted by Crippen LogP contribution is 2.37. The van der Waals surface area contributed by atoms with Crippen molar-refractivity contribution < 1.29 is 14.3 Å². The Morgan fingerprint density at radius 1 is 1.28 bits per heavy atom. The zero-order chi connectivity index (χ0) is 14.7. The van der Waals surface area contributed by atoms with Crippen LogP contribution in [0.3, 0.4) is 0 Å². The Balaban J connectivity index is 4.43. The van der Waals surface area contributed by atoms with Crippen LogP contribution in [0, 0.1) is 11.8 Å². The molecule has 0 aromatic carbocycles. The number of aliphatic hydroxyl groups is 1. The van der Waals surface area contributed by atoms with Gasteiger partial charge >= 0.3 is 0 Å². The molecule has 0 fully saturated rings. The Morgan fingerprint density at radius 3 is 2.06 bits per heavy atom. The number of carbonyl (C=O) groups is 1. The minimum absolute atomic E-state index is 0.0157. The first-order valence-corrected chi connectivity index (χ1v) is 9.63. The number of Topliss-reactive ketones (excluding diaryl/α,β-unsaturated/α-hetero) is 1. The van der Waals surface area contributed by atoms with Crippen molar-refractivity contribution in [1.29, 1.82) is 0 Å². The van der Waals surface area contributed by atoms with Crippen LogP contribution in [0.4, 0.5) is 0 Å². The van der Waals surface area contributed by atoms with E-state index in [9.17, 15) is 9.90 Å². The summed E-state index contributed by atoms with van der Waals surface area (Å²) in [5, 5.41) is 10.2. The lowest BCUT2D eigenvalue weighted by atomic mass is 9.91. The van der Waals surface area contributed by atoms with Crippen LogP contribution in [0.2, 0.25) is 18.1 Å². The van der Waals surface area contributed by atoms with Crippen LogP contribution in [-0.4, -0.2) is 31.9 Å². The van der Waals surface area contributed by atoms with Gasteiger partial charge in [-0.05, 0) is 25.1 Å². The number of aliphatic hydroxyl groups excluding tert-OH is 1. The summed E-state index contributed by atoms with van der Waals surface area (Å²) >= 11 is 0. The number of rotatable bonds is 6. The molecule has 0 aliphatic heterocycles. The summed E-state index contributed by atoms with van der Waals surface area (Å²) in [5.74, 6) is -0.303. The van der Waals surface area contributed by atoms with Gasteiger partial charge in [-0.1, -0.05) is 34.6 Å². The summed E-state index contributed by atoms with van der Waals surface area (Å²) in [5.41, 5.74) is 0. The summed E-state index contributed by atoms with van der Waals surface area (Å²) in [6.07, 6.45) is -0.618. The molecule has 0 saturated carbocycles. The lowest BCUT2D eigenvalue weighted by Gasteiger charge is -2.37. The number of hydrogen-bond acceptors (Lipinski definition) is 3. The maximum Gasteiger partial charge on any atom is 0.191 e. The van der Waals surface area contributed by atoms with E-state index in [1.165, 1.54) is 6.92 Å². The quantitative estimate of drug-likeness (QED) is 0.756. The minimum atomic E-state index is -1.77. The fourth-order valence-electron chi connectivity index (χ4n) is 1.39. The average molecular weight is 274 g/mol. The molecule has 0 aromatic heterocycles. The van der Waals surface area contributed by atoms with E-state index in [4.69, 9.17) is 4.43 Å². The molecule has 0 unspecified atom stereocenters. The van der Waals surface area contributed by atoms with E-state index >= 15 is 0 Å². The van der Waals surface area contributed by atoms with E-state index in [2.05, 4.69) is 33.9 Å². The maximum atomic E-state index is 11.3. The van der Waals surface area contributed by atoms with Gasteiger partial charge in [-0.15, -0.1) is 0 Å². The van der Waals surface area contributed by atoms with Gasteiger partial charge in [-0.3, -0.25) is 4.79 Å². The lowest BCUT2D eigenvalue weighted by Crippen LogP contribution is -2.43. The first kappa shape index (κ1) is 17.8. The van der Waals surface area contributed by atoms with E-state index in [1.54, 1.807) is 6.92 Å². The largest absolute Gasteiger partial charge is 0.416 e. The fraction of sp³-hybridized carbons (Fsp3) is 0.929. The predicted octanol–water partition coefficient (Wildman–Crippen LogP) is 3.23.